The van der Waals surface area contributed by atoms with E-state index in [1.807, 2.05) is 6.07 Å². The molecule has 1 N–H and O–H groups in total. The van der Waals surface area contributed by atoms with E-state index in [-0.39, 0.29) is 24.5 Å². The Bertz CT molecular complexity index is 880. The number of nitrogens with one attached hydrogen (secondary N) is 1. The second kappa shape index (κ2) is 8.02. The van der Waals surface area contributed by atoms with E-state index in [9.17, 15) is 14.9 Å². The number of ether oxygens (including phenoxy) is 3. The van der Waals surface area contributed by atoms with E-state index in [0.29, 0.717) is 22.6 Å². The molecule has 0 radical (unpaired) electrons. The molecule has 1 aromatic carbocycles. The Hall–Kier alpha value is -3.27. The van der Waals surface area contributed by atoms with Crippen LogP contribution in [0.1, 0.15) is 18.2 Å². The van der Waals surface area contributed by atoms with Crippen molar-refractivity contribution in [3.63, 3.8) is 0 Å². The SMILES string of the molecule is CCOC(=O)COc1c(OC)cccc1-c1cc(C)[nH]c(=O)c1C#N. The third kappa shape index (κ3) is 3.98. The molecule has 7 heteroatoms. The lowest BCUT2D eigenvalue weighted by molar-refractivity contribution is -0.145. The Morgan fingerprint density at radius 2 is 2.08 bits per heavy atom. The number of aromatic amines is 1. The summed E-state index contributed by atoms with van der Waals surface area (Å²) in [6.45, 7) is 3.34. The number of esters is 1. The van der Waals surface area contributed by atoms with Crippen molar-refractivity contribution in [3.8, 4) is 28.7 Å². The summed E-state index contributed by atoms with van der Waals surface area (Å²) in [5, 5.41) is 9.34. The van der Waals surface area contributed by atoms with E-state index in [0.717, 1.165) is 0 Å². The lowest BCUT2D eigenvalue weighted by Gasteiger charge is -2.15. The number of nitriles is 1. The minimum Gasteiger partial charge on any atom is -0.493 e. The second-order valence-electron chi connectivity index (χ2n) is 5.11. The molecule has 0 aliphatic heterocycles. The summed E-state index contributed by atoms with van der Waals surface area (Å²) in [4.78, 5) is 26.2. The number of methoxy groups -OCH3 is 1. The summed E-state index contributed by atoms with van der Waals surface area (Å²) >= 11 is 0. The number of H-pyrrole nitrogens is 1. The number of carbonyl (C=O) groups is 1. The number of aromatic nitrogens is 1. The maximum absolute atomic E-state index is 12.1. The molecule has 130 valence electrons. The topological polar surface area (TPSA) is 101 Å². The van der Waals surface area contributed by atoms with Gasteiger partial charge in [-0.05, 0) is 26.0 Å². The predicted octanol–water partition coefficient (Wildman–Crippen LogP) is 2.17. The van der Waals surface area contributed by atoms with Crippen LogP contribution >= 0.6 is 0 Å². The fourth-order valence-corrected chi connectivity index (χ4v) is 2.38. The van der Waals surface area contributed by atoms with Gasteiger partial charge in [-0.25, -0.2) is 4.79 Å². The van der Waals surface area contributed by atoms with Crippen LogP contribution < -0.4 is 15.0 Å². The lowest BCUT2D eigenvalue weighted by Crippen LogP contribution is -2.16. The van der Waals surface area contributed by atoms with Crippen LogP contribution in [0.25, 0.3) is 11.1 Å². The van der Waals surface area contributed by atoms with Gasteiger partial charge in [0.15, 0.2) is 18.1 Å². The highest BCUT2D eigenvalue weighted by atomic mass is 16.6. The Morgan fingerprint density at radius 1 is 1.32 bits per heavy atom. The fraction of sp³-hybridized carbons (Fsp3) is 0.278. The summed E-state index contributed by atoms with van der Waals surface area (Å²) in [7, 11) is 1.46. The third-order valence-corrected chi connectivity index (χ3v) is 3.41. The number of benzene rings is 1. The molecule has 0 amide bonds. The zero-order valence-corrected chi connectivity index (χ0v) is 14.2. The number of rotatable bonds is 6. The van der Waals surface area contributed by atoms with Gasteiger partial charge in [-0.2, -0.15) is 5.26 Å². The fourth-order valence-electron chi connectivity index (χ4n) is 2.38. The van der Waals surface area contributed by atoms with Crippen LogP contribution in [-0.2, 0) is 9.53 Å². The Morgan fingerprint density at radius 3 is 2.72 bits per heavy atom. The molecule has 0 aliphatic carbocycles. The summed E-state index contributed by atoms with van der Waals surface area (Å²) in [5.74, 6) is 0.116. The zero-order valence-electron chi connectivity index (χ0n) is 14.2. The number of aryl methyl sites for hydroxylation is 1. The maximum atomic E-state index is 12.1. The first-order chi connectivity index (χ1) is 12.0. The molecule has 0 saturated carbocycles. The van der Waals surface area contributed by atoms with Crippen molar-refractivity contribution in [2.24, 2.45) is 0 Å². The molecule has 7 nitrogen and oxygen atoms in total. The van der Waals surface area contributed by atoms with Crippen LogP contribution in [0, 0.1) is 18.3 Å². The maximum Gasteiger partial charge on any atom is 0.344 e. The van der Waals surface area contributed by atoms with Crippen LogP contribution in [0.5, 0.6) is 11.5 Å². The monoisotopic (exact) mass is 342 g/mol. The summed E-state index contributed by atoms with van der Waals surface area (Å²) in [5.41, 5.74) is 0.950. The summed E-state index contributed by atoms with van der Waals surface area (Å²) in [6.07, 6.45) is 0. The highest BCUT2D eigenvalue weighted by Crippen LogP contribution is 2.38. The number of nitrogens with zero attached hydrogens (tertiary/aromatic N) is 1. The van der Waals surface area contributed by atoms with Gasteiger partial charge in [0.2, 0.25) is 0 Å². The van der Waals surface area contributed by atoms with Gasteiger partial charge in [0, 0.05) is 16.8 Å². The number of pyridine rings is 1. The van der Waals surface area contributed by atoms with Crippen LogP contribution in [0.2, 0.25) is 0 Å². The van der Waals surface area contributed by atoms with Gasteiger partial charge in [0.1, 0.15) is 11.6 Å². The molecule has 0 aliphatic rings. The standard InChI is InChI=1S/C18H18N2O5/c1-4-24-16(21)10-25-17-12(6-5-7-15(17)23-3)13-8-11(2)20-18(22)14(13)9-19/h5-8H,4,10H2,1-3H3,(H,20,22). The van der Waals surface area contributed by atoms with E-state index in [4.69, 9.17) is 14.2 Å². The lowest BCUT2D eigenvalue weighted by atomic mass is 9.99. The van der Waals surface area contributed by atoms with Crippen molar-refractivity contribution in [2.45, 2.75) is 13.8 Å². The Balaban J connectivity index is 2.58. The normalized spacial score (nSPS) is 10.0. The van der Waals surface area contributed by atoms with E-state index in [2.05, 4.69) is 4.98 Å². The highest BCUT2D eigenvalue weighted by Gasteiger charge is 2.19. The first-order valence-electron chi connectivity index (χ1n) is 7.61. The molecular weight excluding hydrogens is 324 g/mol. The van der Waals surface area contributed by atoms with Crippen molar-refractivity contribution >= 4 is 5.97 Å². The van der Waals surface area contributed by atoms with Crippen molar-refractivity contribution in [3.05, 3.63) is 45.9 Å². The molecule has 2 aromatic rings. The number of para-hydroxylation sites is 1. The number of hydrogen-bond donors (Lipinski definition) is 1. The van der Waals surface area contributed by atoms with Crippen LogP contribution in [0.15, 0.2) is 29.1 Å². The van der Waals surface area contributed by atoms with Crippen molar-refractivity contribution in [1.29, 1.82) is 5.26 Å². The molecule has 0 unspecified atom stereocenters. The van der Waals surface area contributed by atoms with Gasteiger partial charge in [0.25, 0.3) is 5.56 Å². The molecule has 25 heavy (non-hydrogen) atoms. The van der Waals surface area contributed by atoms with E-state index >= 15 is 0 Å². The number of carbonyl (C=O) groups excluding carboxylic acids is 1. The Kier molecular flexibility index (Phi) is 5.79. The van der Waals surface area contributed by atoms with E-state index < -0.39 is 11.5 Å². The second-order valence-corrected chi connectivity index (χ2v) is 5.11. The molecule has 1 heterocycles. The largest absolute Gasteiger partial charge is 0.493 e. The molecule has 0 bridgehead atoms. The molecule has 0 atom stereocenters. The average Bonchev–Trinajstić information content (AvgIpc) is 2.59. The van der Waals surface area contributed by atoms with Gasteiger partial charge in [-0.3, -0.25) is 4.79 Å². The zero-order chi connectivity index (χ0) is 18.4. The molecular formula is C18H18N2O5. The average molecular weight is 342 g/mol. The van der Waals surface area contributed by atoms with Crippen LogP contribution in [0.4, 0.5) is 0 Å². The van der Waals surface area contributed by atoms with Crippen molar-refractivity contribution in [2.75, 3.05) is 20.3 Å². The van der Waals surface area contributed by atoms with Crippen molar-refractivity contribution < 1.29 is 19.0 Å². The van der Waals surface area contributed by atoms with Gasteiger partial charge < -0.3 is 19.2 Å². The molecule has 2 rings (SSSR count). The van der Waals surface area contributed by atoms with E-state index in [1.54, 1.807) is 38.1 Å². The smallest absolute Gasteiger partial charge is 0.344 e. The van der Waals surface area contributed by atoms with Crippen LogP contribution in [-0.4, -0.2) is 31.3 Å². The minimum atomic E-state index is -0.526. The molecule has 0 saturated heterocycles. The van der Waals surface area contributed by atoms with E-state index in [1.165, 1.54) is 7.11 Å². The van der Waals surface area contributed by atoms with Gasteiger partial charge in [-0.15, -0.1) is 0 Å². The first-order valence-corrected chi connectivity index (χ1v) is 7.61. The van der Waals surface area contributed by atoms with Gasteiger partial charge in [-0.1, -0.05) is 12.1 Å². The Labute approximate surface area is 144 Å². The van der Waals surface area contributed by atoms with Gasteiger partial charge >= 0.3 is 5.97 Å². The summed E-state index contributed by atoms with van der Waals surface area (Å²) in [6, 6.07) is 8.65. The van der Waals surface area contributed by atoms with Gasteiger partial charge in [0.05, 0.1) is 13.7 Å². The molecule has 0 spiro atoms. The molecule has 1 aromatic heterocycles. The predicted molar refractivity (Wildman–Crippen MR) is 90.6 cm³/mol. The van der Waals surface area contributed by atoms with Crippen LogP contribution in [0.3, 0.4) is 0 Å². The first kappa shape index (κ1) is 18.1. The highest BCUT2D eigenvalue weighted by molar-refractivity contribution is 5.79. The minimum absolute atomic E-state index is 0.0418. The summed E-state index contributed by atoms with van der Waals surface area (Å²) < 4.78 is 15.7. The number of hydrogen-bond acceptors (Lipinski definition) is 6. The molecule has 0 fully saturated rings. The quantitative estimate of drug-likeness (QED) is 0.807. The third-order valence-electron chi connectivity index (χ3n) is 3.41. The van der Waals surface area contributed by atoms with Crippen molar-refractivity contribution in [1.82, 2.24) is 4.98 Å².